The Balaban J connectivity index is 1.17. The van der Waals surface area contributed by atoms with E-state index in [0.717, 1.165) is 34.5 Å². The average molecular weight is 447 g/mol. The Bertz CT molecular complexity index is 983. The third kappa shape index (κ3) is 3.82. The molecule has 2 aliphatic carbocycles. The third-order valence-corrected chi connectivity index (χ3v) is 8.52. The molecule has 4 fully saturated rings. The molecule has 2 saturated carbocycles. The number of alkyl halides is 2. The molecule has 5 nitrogen and oxygen atoms in total. The van der Waals surface area contributed by atoms with Crippen LogP contribution in [0.2, 0.25) is 0 Å². The van der Waals surface area contributed by atoms with Gasteiger partial charge in [-0.1, -0.05) is 11.3 Å². The molecular weight excluding hydrogens is 418 g/mol. The van der Waals surface area contributed by atoms with Crippen LogP contribution in [0.15, 0.2) is 18.2 Å². The van der Waals surface area contributed by atoms with E-state index < -0.39 is 5.92 Å². The van der Waals surface area contributed by atoms with Gasteiger partial charge < -0.3 is 10.2 Å². The number of fused-ring (bicyclic) bond motifs is 3. The maximum atomic E-state index is 13.4. The van der Waals surface area contributed by atoms with Gasteiger partial charge in [0.25, 0.3) is 5.91 Å². The number of aromatic nitrogens is 1. The van der Waals surface area contributed by atoms with Crippen molar-refractivity contribution in [2.24, 2.45) is 0 Å². The molecule has 3 heterocycles. The number of carbonyl (C=O) groups excluding carboxylic acids is 1. The summed E-state index contributed by atoms with van der Waals surface area (Å²) in [4.78, 5) is 22.8. The molecule has 0 spiro atoms. The van der Waals surface area contributed by atoms with Gasteiger partial charge in [-0.05, 0) is 56.7 Å². The van der Waals surface area contributed by atoms with Crippen LogP contribution in [0.5, 0.6) is 0 Å². The Kier molecular flexibility index (Phi) is 4.72. The highest BCUT2D eigenvalue weighted by Crippen LogP contribution is 2.41. The van der Waals surface area contributed by atoms with Crippen LogP contribution in [0.1, 0.15) is 61.7 Å². The Morgan fingerprint density at radius 1 is 1.03 bits per heavy atom. The van der Waals surface area contributed by atoms with Crippen molar-refractivity contribution in [3.05, 3.63) is 23.8 Å². The summed E-state index contributed by atoms with van der Waals surface area (Å²) in [5.74, 6) is -2.76. The molecule has 2 aromatic rings. The minimum absolute atomic E-state index is 0.147. The lowest BCUT2D eigenvalue weighted by atomic mass is 9.92. The zero-order valence-corrected chi connectivity index (χ0v) is 18.3. The number of hydrogen-bond acceptors (Lipinski definition) is 5. The van der Waals surface area contributed by atoms with Crippen molar-refractivity contribution in [1.82, 2.24) is 15.2 Å². The Morgan fingerprint density at radius 2 is 1.71 bits per heavy atom. The zero-order chi connectivity index (χ0) is 21.2. The number of nitrogens with one attached hydrogen (secondary N) is 1. The van der Waals surface area contributed by atoms with E-state index in [-0.39, 0.29) is 24.8 Å². The standard InChI is InChI=1S/C23H28F2N4OS/c24-23(25)9-7-15(8-10-23)26-21(30)14-1-6-19-20(11-14)31-22(27-19)29-17-4-5-18(29)13-28(12-17)16-2-3-16/h1,6,11,15-18H,2-5,7-10,12-13H2,(H,26,30). The number of benzene rings is 1. The predicted octanol–water partition coefficient (Wildman–Crippen LogP) is 4.42. The summed E-state index contributed by atoms with van der Waals surface area (Å²) >= 11 is 1.67. The highest BCUT2D eigenvalue weighted by molar-refractivity contribution is 7.22. The minimum Gasteiger partial charge on any atom is -0.349 e. The van der Waals surface area contributed by atoms with Crippen LogP contribution in [-0.4, -0.2) is 59.0 Å². The van der Waals surface area contributed by atoms with Crippen molar-refractivity contribution in [2.75, 3.05) is 18.0 Å². The molecule has 2 saturated heterocycles. The number of halogens is 2. The van der Waals surface area contributed by atoms with E-state index in [1.807, 2.05) is 12.1 Å². The predicted molar refractivity (Wildman–Crippen MR) is 118 cm³/mol. The molecule has 2 atom stereocenters. The molecule has 166 valence electrons. The summed E-state index contributed by atoms with van der Waals surface area (Å²) in [6, 6.07) is 7.38. The second kappa shape index (κ2) is 7.37. The van der Waals surface area contributed by atoms with Gasteiger partial charge in [-0.15, -0.1) is 0 Å². The molecule has 4 aliphatic rings. The lowest BCUT2D eigenvalue weighted by Crippen LogP contribution is -2.54. The smallest absolute Gasteiger partial charge is 0.251 e. The fraction of sp³-hybridized carbons (Fsp3) is 0.652. The van der Waals surface area contributed by atoms with Gasteiger partial charge >= 0.3 is 0 Å². The SMILES string of the molecule is O=C(NC1CCC(F)(F)CC1)c1ccc2nc(N3C4CCC3CN(C3CC3)C4)sc2c1. The van der Waals surface area contributed by atoms with E-state index >= 15 is 0 Å². The first-order valence-corrected chi connectivity index (χ1v) is 12.4. The summed E-state index contributed by atoms with van der Waals surface area (Å²) in [5, 5.41) is 4.02. The van der Waals surface area contributed by atoms with Crippen LogP contribution in [0.4, 0.5) is 13.9 Å². The fourth-order valence-electron chi connectivity index (χ4n) is 5.60. The maximum Gasteiger partial charge on any atom is 0.251 e. The maximum absolute atomic E-state index is 13.4. The van der Waals surface area contributed by atoms with Gasteiger partial charge in [0.1, 0.15) is 0 Å². The molecule has 31 heavy (non-hydrogen) atoms. The van der Waals surface area contributed by atoms with Crippen LogP contribution < -0.4 is 10.2 Å². The van der Waals surface area contributed by atoms with Crippen molar-refractivity contribution in [1.29, 1.82) is 0 Å². The van der Waals surface area contributed by atoms with Gasteiger partial charge in [-0.25, -0.2) is 13.8 Å². The fourth-order valence-corrected chi connectivity index (χ4v) is 6.75. The molecule has 2 unspecified atom stereocenters. The quantitative estimate of drug-likeness (QED) is 0.755. The van der Waals surface area contributed by atoms with Crippen molar-refractivity contribution >= 4 is 32.6 Å². The Morgan fingerprint density at radius 3 is 2.39 bits per heavy atom. The van der Waals surface area contributed by atoms with Gasteiger partial charge in [0.15, 0.2) is 5.13 Å². The first kappa shape index (κ1) is 19.9. The average Bonchev–Trinajstić information content (AvgIpc) is 3.46. The van der Waals surface area contributed by atoms with Crippen LogP contribution >= 0.6 is 11.3 Å². The van der Waals surface area contributed by atoms with Gasteiger partial charge in [-0.2, -0.15) is 0 Å². The lowest BCUT2D eigenvalue weighted by molar-refractivity contribution is -0.0399. The molecule has 1 N–H and O–H groups in total. The monoisotopic (exact) mass is 446 g/mol. The van der Waals surface area contributed by atoms with E-state index in [1.54, 1.807) is 17.4 Å². The normalized spacial score (nSPS) is 28.9. The Labute approximate surface area is 184 Å². The highest BCUT2D eigenvalue weighted by Gasteiger charge is 2.45. The van der Waals surface area contributed by atoms with Crippen molar-refractivity contribution in [3.63, 3.8) is 0 Å². The number of piperazine rings is 1. The largest absolute Gasteiger partial charge is 0.349 e. The molecule has 1 aromatic carbocycles. The van der Waals surface area contributed by atoms with Crippen LogP contribution in [0.3, 0.4) is 0 Å². The van der Waals surface area contributed by atoms with Crippen molar-refractivity contribution in [2.45, 2.75) is 81.5 Å². The molecule has 0 radical (unpaired) electrons. The van der Waals surface area contributed by atoms with E-state index in [4.69, 9.17) is 4.98 Å². The van der Waals surface area contributed by atoms with Crippen LogP contribution in [-0.2, 0) is 0 Å². The molecule has 8 heteroatoms. The molecule has 2 aliphatic heterocycles. The molecular formula is C23H28F2N4OS. The molecule has 1 amide bonds. The molecule has 6 rings (SSSR count). The van der Waals surface area contributed by atoms with Crippen molar-refractivity contribution in [3.8, 4) is 0 Å². The number of carbonyl (C=O) groups is 1. The lowest BCUT2D eigenvalue weighted by Gasteiger charge is -2.41. The van der Waals surface area contributed by atoms with E-state index in [0.29, 0.717) is 30.5 Å². The third-order valence-electron chi connectivity index (χ3n) is 7.49. The number of thiazole rings is 1. The number of rotatable bonds is 4. The summed E-state index contributed by atoms with van der Waals surface area (Å²) in [7, 11) is 0. The van der Waals surface area contributed by atoms with Crippen LogP contribution in [0.25, 0.3) is 10.2 Å². The summed E-state index contributed by atoms with van der Waals surface area (Å²) in [5.41, 5.74) is 1.51. The van der Waals surface area contributed by atoms with Gasteiger partial charge in [-0.3, -0.25) is 9.69 Å². The minimum atomic E-state index is -2.58. The van der Waals surface area contributed by atoms with Gasteiger partial charge in [0.2, 0.25) is 5.92 Å². The first-order valence-electron chi connectivity index (χ1n) is 11.6. The van der Waals surface area contributed by atoms with E-state index in [1.165, 1.54) is 25.7 Å². The van der Waals surface area contributed by atoms with Gasteiger partial charge in [0.05, 0.1) is 10.2 Å². The molecule has 1 aromatic heterocycles. The first-order chi connectivity index (χ1) is 14.9. The second-order valence-electron chi connectivity index (χ2n) is 9.76. The van der Waals surface area contributed by atoms with Gasteiger partial charge in [0, 0.05) is 55.7 Å². The van der Waals surface area contributed by atoms with Crippen LogP contribution in [0, 0.1) is 0 Å². The number of amides is 1. The van der Waals surface area contributed by atoms with E-state index in [2.05, 4.69) is 15.1 Å². The molecule has 2 bridgehead atoms. The number of anilines is 1. The second-order valence-corrected chi connectivity index (χ2v) is 10.8. The summed E-state index contributed by atoms with van der Waals surface area (Å²) in [6.07, 6.45) is 5.55. The number of nitrogens with zero attached hydrogens (tertiary/aromatic N) is 3. The topological polar surface area (TPSA) is 48.5 Å². The Hall–Kier alpha value is -1.80. The summed E-state index contributed by atoms with van der Waals surface area (Å²) < 4.78 is 27.7. The van der Waals surface area contributed by atoms with E-state index in [9.17, 15) is 13.6 Å². The van der Waals surface area contributed by atoms with Crippen molar-refractivity contribution < 1.29 is 13.6 Å². The highest BCUT2D eigenvalue weighted by atomic mass is 32.1. The summed E-state index contributed by atoms with van der Waals surface area (Å²) in [6.45, 7) is 2.29. The zero-order valence-electron chi connectivity index (χ0n) is 17.5. The number of likely N-dealkylation sites (tertiary alicyclic amines) is 1. The number of hydrogen-bond donors (Lipinski definition) is 1.